The van der Waals surface area contributed by atoms with Gasteiger partial charge in [0.25, 0.3) is 0 Å². The number of nitrogens with two attached hydrogens (primary N) is 1. The van der Waals surface area contributed by atoms with E-state index in [0.29, 0.717) is 5.69 Å². The number of hydrogen-bond donors (Lipinski definition) is 1. The quantitative estimate of drug-likeness (QED) is 0.809. The minimum absolute atomic E-state index is 0.225. The zero-order chi connectivity index (χ0) is 14.6. The van der Waals surface area contributed by atoms with E-state index in [0.717, 1.165) is 25.1 Å². The van der Waals surface area contributed by atoms with Gasteiger partial charge in [-0.15, -0.1) is 0 Å². The highest BCUT2D eigenvalue weighted by molar-refractivity contribution is 7.89. The summed E-state index contributed by atoms with van der Waals surface area (Å²) in [6.07, 6.45) is 2.19. The summed E-state index contributed by atoms with van der Waals surface area (Å²) in [6.45, 7) is 3.03. The number of hydrogen-bond acceptors (Lipinski definition) is 4. The van der Waals surface area contributed by atoms with Crippen molar-refractivity contribution in [3.05, 3.63) is 18.2 Å². The van der Waals surface area contributed by atoms with Gasteiger partial charge in [-0.1, -0.05) is 13.3 Å². The second kappa shape index (κ2) is 6.25. The molecule has 0 fully saturated rings. The number of nitrogens with zero attached hydrogens (tertiary/aromatic N) is 2. The van der Waals surface area contributed by atoms with Crippen LogP contribution in [0.2, 0.25) is 0 Å². The molecule has 0 bridgehead atoms. The molecular formula is C13H23N3O2S. The lowest BCUT2D eigenvalue weighted by atomic mass is 10.2. The van der Waals surface area contributed by atoms with E-state index in [1.165, 1.54) is 24.5 Å². The van der Waals surface area contributed by atoms with Crippen molar-refractivity contribution in [2.24, 2.45) is 0 Å². The fourth-order valence-corrected chi connectivity index (χ4v) is 2.70. The number of benzene rings is 1. The first kappa shape index (κ1) is 15.8. The molecule has 0 spiro atoms. The van der Waals surface area contributed by atoms with E-state index >= 15 is 0 Å². The third-order valence-electron chi connectivity index (χ3n) is 3.04. The highest BCUT2D eigenvalue weighted by Gasteiger charge is 2.18. The number of sulfonamides is 1. The lowest BCUT2D eigenvalue weighted by Gasteiger charge is -2.21. The van der Waals surface area contributed by atoms with E-state index in [1.807, 2.05) is 11.9 Å². The van der Waals surface area contributed by atoms with Gasteiger partial charge in [0, 0.05) is 27.7 Å². The van der Waals surface area contributed by atoms with E-state index in [4.69, 9.17) is 5.73 Å². The van der Waals surface area contributed by atoms with Gasteiger partial charge in [-0.2, -0.15) is 0 Å². The van der Waals surface area contributed by atoms with Crippen molar-refractivity contribution in [2.45, 2.75) is 24.7 Å². The standard InChI is InChI=1S/C13H23N3O2S/c1-5-6-9-16(4)13-8-7-11(10-12(13)14)19(17,18)15(2)3/h7-8,10H,5-6,9,14H2,1-4H3. The molecular weight excluding hydrogens is 262 g/mol. The normalized spacial score (nSPS) is 11.8. The van der Waals surface area contributed by atoms with E-state index in [-0.39, 0.29) is 4.90 Å². The zero-order valence-electron chi connectivity index (χ0n) is 12.0. The third kappa shape index (κ3) is 3.61. The largest absolute Gasteiger partial charge is 0.397 e. The van der Waals surface area contributed by atoms with Crippen molar-refractivity contribution in [3.8, 4) is 0 Å². The zero-order valence-corrected chi connectivity index (χ0v) is 12.9. The SMILES string of the molecule is CCCCN(C)c1ccc(S(=O)(=O)N(C)C)cc1N. The van der Waals surface area contributed by atoms with Crippen LogP contribution in [0.15, 0.2) is 23.1 Å². The van der Waals surface area contributed by atoms with Crippen LogP contribution in [0.4, 0.5) is 11.4 Å². The molecule has 5 nitrogen and oxygen atoms in total. The van der Waals surface area contributed by atoms with Gasteiger partial charge in [-0.05, 0) is 24.6 Å². The molecule has 6 heteroatoms. The molecule has 0 aromatic heterocycles. The van der Waals surface area contributed by atoms with Crippen LogP contribution < -0.4 is 10.6 Å². The molecule has 0 heterocycles. The van der Waals surface area contributed by atoms with Crippen molar-refractivity contribution in [3.63, 3.8) is 0 Å². The summed E-state index contributed by atoms with van der Waals surface area (Å²) in [5, 5.41) is 0. The molecule has 0 amide bonds. The first-order valence-electron chi connectivity index (χ1n) is 6.34. The second-order valence-electron chi connectivity index (χ2n) is 4.78. The Labute approximate surface area is 116 Å². The summed E-state index contributed by atoms with van der Waals surface area (Å²) in [6, 6.07) is 4.89. The van der Waals surface area contributed by atoms with E-state index < -0.39 is 10.0 Å². The number of anilines is 2. The number of unbranched alkanes of at least 4 members (excludes halogenated alkanes) is 1. The average Bonchev–Trinajstić information content (AvgIpc) is 2.35. The summed E-state index contributed by atoms with van der Waals surface area (Å²) < 4.78 is 25.2. The monoisotopic (exact) mass is 285 g/mol. The Morgan fingerprint density at radius 1 is 1.21 bits per heavy atom. The van der Waals surface area contributed by atoms with Crippen LogP contribution in [0.5, 0.6) is 0 Å². The van der Waals surface area contributed by atoms with Gasteiger partial charge in [-0.3, -0.25) is 0 Å². The van der Waals surface area contributed by atoms with Crippen molar-refractivity contribution >= 4 is 21.4 Å². The van der Waals surface area contributed by atoms with Crippen molar-refractivity contribution in [1.82, 2.24) is 4.31 Å². The molecule has 0 aliphatic heterocycles. The molecule has 19 heavy (non-hydrogen) atoms. The maximum absolute atomic E-state index is 12.0. The Kier molecular flexibility index (Phi) is 5.20. The molecule has 0 atom stereocenters. The number of rotatable bonds is 6. The maximum atomic E-state index is 12.0. The van der Waals surface area contributed by atoms with Crippen LogP contribution in [0, 0.1) is 0 Å². The second-order valence-corrected chi connectivity index (χ2v) is 6.93. The minimum atomic E-state index is -3.42. The molecule has 0 saturated carbocycles. The highest BCUT2D eigenvalue weighted by atomic mass is 32.2. The molecule has 0 unspecified atom stereocenters. The molecule has 108 valence electrons. The molecule has 2 N–H and O–H groups in total. The molecule has 1 aromatic rings. The summed E-state index contributed by atoms with van der Waals surface area (Å²) in [7, 11) is 1.55. The fourth-order valence-electron chi connectivity index (χ4n) is 1.77. The minimum Gasteiger partial charge on any atom is -0.397 e. The van der Waals surface area contributed by atoms with Crippen LogP contribution in [-0.2, 0) is 10.0 Å². The summed E-state index contributed by atoms with van der Waals surface area (Å²) in [5.41, 5.74) is 7.32. The number of nitrogen functional groups attached to an aromatic ring is 1. The van der Waals surface area contributed by atoms with Crippen molar-refractivity contribution in [1.29, 1.82) is 0 Å². The molecule has 0 radical (unpaired) electrons. The predicted molar refractivity (Wildman–Crippen MR) is 79.9 cm³/mol. The van der Waals surface area contributed by atoms with Crippen molar-refractivity contribution in [2.75, 3.05) is 38.3 Å². The predicted octanol–water partition coefficient (Wildman–Crippen LogP) is 1.76. The van der Waals surface area contributed by atoms with E-state index in [2.05, 4.69) is 6.92 Å². The highest BCUT2D eigenvalue weighted by Crippen LogP contribution is 2.26. The first-order chi connectivity index (χ1) is 8.80. The van der Waals surface area contributed by atoms with Gasteiger partial charge in [-0.25, -0.2) is 12.7 Å². The topological polar surface area (TPSA) is 66.6 Å². The van der Waals surface area contributed by atoms with Gasteiger partial charge in [0.1, 0.15) is 0 Å². The summed E-state index contributed by atoms with van der Waals surface area (Å²) >= 11 is 0. The first-order valence-corrected chi connectivity index (χ1v) is 7.78. The van der Waals surface area contributed by atoms with Crippen LogP contribution in [0.1, 0.15) is 19.8 Å². The Morgan fingerprint density at radius 3 is 2.32 bits per heavy atom. The van der Waals surface area contributed by atoms with Crippen LogP contribution in [0.25, 0.3) is 0 Å². The van der Waals surface area contributed by atoms with E-state index in [9.17, 15) is 8.42 Å². The van der Waals surface area contributed by atoms with E-state index in [1.54, 1.807) is 12.1 Å². The third-order valence-corrected chi connectivity index (χ3v) is 4.85. The molecule has 1 rings (SSSR count). The Bertz CT molecular complexity index is 527. The average molecular weight is 285 g/mol. The Hall–Kier alpha value is -1.27. The Balaban J connectivity index is 3.05. The molecule has 0 aliphatic carbocycles. The lowest BCUT2D eigenvalue weighted by molar-refractivity contribution is 0.521. The summed E-state index contributed by atoms with van der Waals surface area (Å²) in [4.78, 5) is 2.27. The van der Waals surface area contributed by atoms with Crippen LogP contribution >= 0.6 is 0 Å². The lowest BCUT2D eigenvalue weighted by Crippen LogP contribution is -2.23. The van der Waals surface area contributed by atoms with Gasteiger partial charge in [0.05, 0.1) is 16.3 Å². The van der Waals surface area contributed by atoms with Gasteiger partial charge in [0.15, 0.2) is 0 Å². The van der Waals surface area contributed by atoms with Gasteiger partial charge in [0.2, 0.25) is 10.0 Å². The smallest absolute Gasteiger partial charge is 0.242 e. The van der Waals surface area contributed by atoms with Crippen LogP contribution in [-0.4, -0.2) is 40.4 Å². The van der Waals surface area contributed by atoms with Crippen molar-refractivity contribution < 1.29 is 8.42 Å². The maximum Gasteiger partial charge on any atom is 0.242 e. The Morgan fingerprint density at radius 2 is 1.84 bits per heavy atom. The summed E-state index contributed by atoms with van der Waals surface area (Å²) in [5.74, 6) is 0. The fraction of sp³-hybridized carbons (Fsp3) is 0.538. The molecule has 0 saturated heterocycles. The molecule has 0 aliphatic rings. The van der Waals surface area contributed by atoms with Crippen LogP contribution in [0.3, 0.4) is 0 Å². The van der Waals surface area contributed by atoms with Gasteiger partial charge < -0.3 is 10.6 Å². The van der Waals surface area contributed by atoms with Gasteiger partial charge >= 0.3 is 0 Å². The molecule has 1 aromatic carbocycles.